The molecule has 1 amide bonds. The molecule has 6 heteroatoms. The van der Waals surface area contributed by atoms with Crippen molar-refractivity contribution in [2.45, 2.75) is 13.3 Å². The first kappa shape index (κ1) is 19.0. The van der Waals surface area contributed by atoms with Gasteiger partial charge in [-0.05, 0) is 53.2 Å². The second kappa shape index (κ2) is 8.28. The number of carbonyl (C=O) groups excluding carboxylic acids is 1. The van der Waals surface area contributed by atoms with Gasteiger partial charge in [-0.3, -0.25) is 4.79 Å². The molecule has 2 aromatic carbocycles. The third kappa shape index (κ3) is 3.69. The molecule has 3 aromatic rings. The molecule has 5 nitrogen and oxygen atoms in total. The molecule has 0 radical (unpaired) electrons. The van der Waals surface area contributed by atoms with E-state index in [2.05, 4.69) is 22.0 Å². The van der Waals surface area contributed by atoms with Crippen LogP contribution < -0.4 is 9.64 Å². The zero-order valence-electron chi connectivity index (χ0n) is 15.3. The summed E-state index contributed by atoms with van der Waals surface area (Å²) in [5, 5.41) is 10.0. The van der Waals surface area contributed by atoms with Crippen molar-refractivity contribution >= 4 is 38.4 Å². The highest BCUT2D eigenvalue weighted by Gasteiger charge is 2.25. The van der Waals surface area contributed by atoms with Gasteiger partial charge in [0.05, 0.1) is 23.6 Å². The quantitative estimate of drug-likeness (QED) is 0.564. The smallest absolute Gasteiger partial charge is 0.276 e. The number of nitriles is 1. The number of amides is 1. The highest BCUT2D eigenvalue weighted by atomic mass is 79.9. The van der Waals surface area contributed by atoms with Gasteiger partial charge in [0, 0.05) is 30.2 Å². The fraction of sp³-hybridized carbons (Fsp3) is 0.238. The minimum atomic E-state index is -0.153. The molecule has 3 rings (SSSR count). The van der Waals surface area contributed by atoms with E-state index in [-0.39, 0.29) is 12.3 Å². The molecule has 0 fully saturated rings. The van der Waals surface area contributed by atoms with E-state index in [4.69, 9.17) is 10.00 Å². The second-order valence-corrected chi connectivity index (χ2v) is 6.82. The summed E-state index contributed by atoms with van der Waals surface area (Å²) < 4.78 is 8.12. The molecular weight excluding hydrogens is 406 g/mol. The molecule has 0 bridgehead atoms. The summed E-state index contributed by atoms with van der Waals surface area (Å²) in [6.45, 7) is 2.82. The van der Waals surface area contributed by atoms with Crippen molar-refractivity contribution in [2.75, 3.05) is 18.1 Å². The Morgan fingerprint density at radius 3 is 2.56 bits per heavy atom. The lowest BCUT2D eigenvalue weighted by Crippen LogP contribution is -2.33. The van der Waals surface area contributed by atoms with Gasteiger partial charge in [0.2, 0.25) is 0 Å². The zero-order chi connectivity index (χ0) is 19.4. The lowest BCUT2D eigenvalue weighted by atomic mass is 10.2. The van der Waals surface area contributed by atoms with Crippen molar-refractivity contribution < 1.29 is 9.53 Å². The number of rotatable bonds is 6. The fourth-order valence-electron chi connectivity index (χ4n) is 3.11. The lowest BCUT2D eigenvalue weighted by Gasteiger charge is -2.22. The Balaban J connectivity index is 2.03. The number of aryl methyl sites for hydroxylation is 1. The number of hydrogen-bond acceptors (Lipinski definition) is 3. The predicted octanol–water partition coefficient (Wildman–Crippen LogP) is 4.90. The van der Waals surface area contributed by atoms with Gasteiger partial charge in [-0.15, -0.1) is 0 Å². The second-order valence-electron chi connectivity index (χ2n) is 6.03. The summed E-state index contributed by atoms with van der Waals surface area (Å²) in [4.78, 5) is 15.0. The molecule has 0 atom stereocenters. The van der Waals surface area contributed by atoms with Crippen molar-refractivity contribution in [2.24, 2.45) is 7.05 Å². The number of hydrogen-bond donors (Lipinski definition) is 0. The van der Waals surface area contributed by atoms with Crippen LogP contribution in [0.2, 0.25) is 0 Å². The fourth-order valence-corrected chi connectivity index (χ4v) is 3.88. The molecule has 0 saturated heterocycles. The van der Waals surface area contributed by atoms with Crippen LogP contribution in [0.3, 0.4) is 0 Å². The van der Waals surface area contributed by atoms with Crippen LogP contribution in [-0.2, 0) is 7.05 Å². The van der Waals surface area contributed by atoms with E-state index in [1.165, 1.54) is 0 Å². The number of carbonyl (C=O) groups is 1. The topological polar surface area (TPSA) is 58.3 Å². The number of anilines is 1. The molecule has 0 spiro atoms. The summed E-state index contributed by atoms with van der Waals surface area (Å²) in [6, 6.07) is 17.3. The van der Waals surface area contributed by atoms with Gasteiger partial charge in [0.15, 0.2) is 0 Å². The molecule has 0 N–H and O–H groups in total. The van der Waals surface area contributed by atoms with Crippen molar-refractivity contribution in [3.8, 4) is 11.8 Å². The van der Waals surface area contributed by atoms with E-state index in [0.29, 0.717) is 18.8 Å². The number of ether oxygens (including phenoxy) is 1. The Bertz CT molecular complexity index is 964. The normalized spacial score (nSPS) is 10.6. The van der Waals surface area contributed by atoms with E-state index < -0.39 is 0 Å². The van der Waals surface area contributed by atoms with Crippen LogP contribution >= 0.6 is 15.9 Å². The van der Waals surface area contributed by atoms with Crippen molar-refractivity contribution in [1.82, 2.24) is 4.57 Å². The van der Waals surface area contributed by atoms with Gasteiger partial charge in [-0.2, -0.15) is 5.26 Å². The summed E-state index contributed by atoms with van der Waals surface area (Å²) in [6.07, 6.45) is 0.251. The maximum absolute atomic E-state index is 13.4. The Kier molecular flexibility index (Phi) is 5.82. The van der Waals surface area contributed by atoms with Crippen LogP contribution in [0.25, 0.3) is 10.9 Å². The molecule has 0 saturated carbocycles. The van der Waals surface area contributed by atoms with Gasteiger partial charge < -0.3 is 14.2 Å². The number of para-hydroxylation sites is 1. The Morgan fingerprint density at radius 2 is 1.93 bits per heavy atom. The summed E-state index contributed by atoms with van der Waals surface area (Å²) in [5.74, 6) is 0.597. The highest BCUT2D eigenvalue weighted by Crippen LogP contribution is 2.32. The Labute approximate surface area is 166 Å². The molecule has 0 unspecified atom stereocenters. The monoisotopic (exact) mass is 425 g/mol. The molecule has 138 valence electrons. The van der Waals surface area contributed by atoms with Gasteiger partial charge in [-0.25, -0.2) is 0 Å². The molecule has 0 aliphatic heterocycles. The first-order chi connectivity index (χ1) is 13.1. The Morgan fingerprint density at radius 1 is 1.22 bits per heavy atom. The number of halogens is 1. The van der Waals surface area contributed by atoms with Crippen LogP contribution in [0.5, 0.6) is 5.75 Å². The predicted molar refractivity (Wildman–Crippen MR) is 110 cm³/mol. The van der Waals surface area contributed by atoms with Crippen molar-refractivity contribution in [3.05, 3.63) is 58.7 Å². The van der Waals surface area contributed by atoms with Crippen molar-refractivity contribution in [3.63, 3.8) is 0 Å². The standard InChI is InChI=1S/C21H20BrN3O2/c1-3-27-16-11-9-15(10-12-16)25(14-6-13-23)21(26)20-19(22)17-7-4-5-8-18(17)24(20)2/h4-5,7-12H,3,6,14H2,1-2H3. The van der Waals surface area contributed by atoms with Crippen LogP contribution in [0.15, 0.2) is 53.0 Å². The molecule has 0 aliphatic rings. The third-order valence-corrected chi connectivity index (χ3v) is 5.20. The van der Waals surface area contributed by atoms with E-state index >= 15 is 0 Å². The minimum absolute atomic E-state index is 0.153. The molecular formula is C21H20BrN3O2. The maximum Gasteiger partial charge on any atom is 0.276 e. The molecule has 1 heterocycles. The number of fused-ring (bicyclic) bond motifs is 1. The summed E-state index contributed by atoms with van der Waals surface area (Å²) in [7, 11) is 1.88. The first-order valence-corrected chi connectivity index (χ1v) is 9.52. The van der Waals surface area contributed by atoms with E-state index in [1.54, 1.807) is 4.90 Å². The van der Waals surface area contributed by atoms with Gasteiger partial charge in [0.1, 0.15) is 11.4 Å². The minimum Gasteiger partial charge on any atom is -0.494 e. The van der Waals surface area contributed by atoms with Crippen LogP contribution in [0.4, 0.5) is 5.69 Å². The third-order valence-electron chi connectivity index (χ3n) is 4.40. The van der Waals surface area contributed by atoms with E-state index in [1.807, 2.05) is 67.1 Å². The number of benzene rings is 2. The average Bonchev–Trinajstić information content (AvgIpc) is 2.94. The van der Waals surface area contributed by atoms with Crippen LogP contribution in [0, 0.1) is 11.3 Å². The average molecular weight is 426 g/mol. The Hall–Kier alpha value is -2.78. The van der Waals surface area contributed by atoms with Crippen LogP contribution in [-0.4, -0.2) is 23.6 Å². The van der Waals surface area contributed by atoms with Crippen molar-refractivity contribution in [1.29, 1.82) is 5.26 Å². The highest BCUT2D eigenvalue weighted by molar-refractivity contribution is 9.10. The largest absolute Gasteiger partial charge is 0.494 e. The van der Waals surface area contributed by atoms with E-state index in [0.717, 1.165) is 26.8 Å². The molecule has 0 aliphatic carbocycles. The summed E-state index contributed by atoms with van der Waals surface area (Å²) >= 11 is 3.59. The van der Waals surface area contributed by atoms with Crippen LogP contribution in [0.1, 0.15) is 23.8 Å². The maximum atomic E-state index is 13.4. The summed E-state index contributed by atoms with van der Waals surface area (Å²) in [5.41, 5.74) is 2.26. The lowest BCUT2D eigenvalue weighted by molar-refractivity contribution is 0.0979. The SMILES string of the molecule is CCOc1ccc(N(CCC#N)C(=O)c2c(Br)c3ccccc3n2C)cc1. The molecule has 27 heavy (non-hydrogen) atoms. The van der Waals surface area contributed by atoms with Gasteiger partial charge in [-0.1, -0.05) is 18.2 Å². The van der Waals surface area contributed by atoms with Gasteiger partial charge in [0.25, 0.3) is 5.91 Å². The molecule has 1 aromatic heterocycles. The zero-order valence-corrected chi connectivity index (χ0v) is 16.9. The van der Waals surface area contributed by atoms with Gasteiger partial charge >= 0.3 is 0 Å². The number of aromatic nitrogens is 1. The van der Waals surface area contributed by atoms with E-state index in [9.17, 15) is 4.79 Å². The first-order valence-electron chi connectivity index (χ1n) is 8.73. The number of nitrogens with zero attached hydrogens (tertiary/aromatic N) is 3.